The van der Waals surface area contributed by atoms with E-state index >= 15 is 0 Å². The van der Waals surface area contributed by atoms with Crippen LogP contribution in [0.4, 0.5) is 0 Å². The molecular formula is C13H20N4. The first-order chi connectivity index (χ1) is 8.04. The van der Waals surface area contributed by atoms with Gasteiger partial charge in [0.2, 0.25) is 0 Å². The van der Waals surface area contributed by atoms with Gasteiger partial charge in [0.05, 0.1) is 0 Å². The van der Waals surface area contributed by atoms with Gasteiger partial charge in [0.25, 0.3) is 0 Å². The molecule has 0 atom stereocenters. The fourth-order valence-corrected chi connectivity index (χ4v) is 1.92. The van der Waals surface area contributed by atoms with Gasteiger partial charge in [0, 0.05) is 24.2 Å². The molecule has 0 bridgehead atoms. The largest absolute Gasteiger partial charge is 0.331 e. The summed E-state index contributed by atoms with van der Waals surface area (Å²) in [7, 11) is 0. The molecule has 17 heavy (non-hydrogen) atoms. The molecule has 2 aromatic heterocycles. The van der Waals surface area contributed by atoms with E-state index in [1.807, 2.05) is 0 Å². The molecule has 0 N–H and O–H groups in total. The van der Waals surface area contributed by atoms with Crippen molar-refractivity contribution in [1.29, 1.82) is 0 Å². The molecular weight excluding hydrogens is 212 g/mol. The van der Waals surface area contributed by atoms with Gasteiger partial charge in [-0.3, -0.25) is 0 Å². The lowest BCUT2D eigenvalue weighted by Gasteiger charge is -2.04. The van der Waals surface area contributed by atoms with E-state index in [1.165, 1.54) is 5.56 Å². The SMILES string of the molecule is CCn1cc(C(C)C)c2nnc(C(C)C)nc21. The quantitative estimate of drug-likeness (QED) is 0.816. The summed E-state index contributed by atoms with van der Waals surface area (Å²) >= 11 is 0. The summed E-state index contributed by atoms with van der Waals surface area (Å²) in [6.45, 7) is 11.6. The second-order valence-electron chi connectivity index (χ2n) is 5.02. The number of rotatable bonds is 3. The van der Waals surface area contributed by atoms with Crippen molar-refractivity contribution in [3.8, 4) is 0 Å². The minimum Gasteiger partial charge on any atom is -0.331 e. The topological polar surface area (TPSA) is 43.6 Å². The van der Waals surface area contributed by atoms with Crippen LogP contribution in [-0.4, -0.2) is 19.7 Å². The summed E-state index contributed by atoms with van der Waals surface area (Å²) < 4.78 is 2.16. The molecule has 0 fully saturated rings. The van der Waals surface area contributed by atoms with Crippen LogP contribution in [0, 0.1) is 0 Å². The van der Waals surface area contributed by atoms with E-state index in [4.69, 9.17) is 0 Å². The Morgan fingerprint density at radius 3 is 2.35 bits per heavy atom. The smallest absolute Gasteiger partial charge is 0.163 e. The van der Waals surface area contributed by atoms with Gasteiger partial charge in [-0.15, -0.1) is 10.2 Å². The number of aromatic nitrogens is 4. The van der Waals surface area contributed by atoms with Gasteiger partial charge < -0.3 is 4.57 Å². The molecule has 2 aromatic rings. The Balaban J connectivity index is 2.68. The van der Waals surface area contributed by atoms with Crippen molar-refractivity contribution in [3.63, 3.8) is 0 Å². The highest BCUT2D eigenvalue weighted by Gasteiger charge is 2.15. The number of nitrogens with zero attached hydrogens (tertiary/aromatic N) is 4. The van der Waals surface area contributed by atoms with Crippen molar-refractivity contribution in [3.05, 3.63) is 17.6 Å². The minimum absolute atomic E-state index is 0.314. The second kappa shape index (κ2) is 4.43. The normalized spacial score (nSPS) is 11.9. The molecule has 0 spiro atoms. The van der Waals surface area contributed by atoms with Crippen molar-refractivity contribution in [2.24, 2.45) is 0 Å². The monoisotopic (exact) mass is 232 g/mol. The van der Waals surface area contributed by atoms with Crippen LogP contribution >= 0.6 is 0 Å². The Morgan fingerprint density at radius 2 is 1.82 bits per heavy atom. The number of fused-ring (bicyclic) bond motifs is 1. The molecule has 2 rings (SSSR count). The third kappa shape index (κ3) is 2.04. The lowest BCUT2D eigenvalue weighted by Crippen LogP contribution is -2.03. The molecule has 4 heteroatoms. The molecule has 2 heterocycles. The lowest BCUT2D eigenvalue weighted by atomic mass is 10.1. The predicted octanol–water partition coefficient (Wildman–Crippen LogP) is 3.09. The Hall–Kier alpha value is -1.45. The van der Waals surface area contributed by atoms with Crippen LogP contribution in [0.5, 0.6) is 0 Å². The maximum atomic E-state index is 4.64. The third-order valence-corrected chi connectivity index (χ3v) is 3.00. The molecule has 0 radical (unpaired) electrons. The van der Waals surface area contributed by atoms with Crippen LogP contribution in [0.15, 0.2) is 6.20 Å². The Kier molecular flexibility index (Phi) is 3.13. The van der Waals surface area contributed by atoms with E-state index in [2.05, 4.69) is 60.6 Å². The third-order valence-electron chi connectivity index (χ3n) is 3.00. The summed E-state index contributed by atoms with van der Waals surface area (Å²) in [5, 5.41) is 8.58. The van der Waals surface area contributed by atoms with Crippen LogP contribution < -0.4 is 0 Å². The van der Waals surface area contributed by atoms with Gasteiger partial charge in [-0.05, 0) is 12.8 Å². The Morgan fingerprint density at radius 1 is 1.12 bits per heavy atom. The second-order valence-corrected chi connectivity index (χ2v) is 5.02. The molecule has 0 aliphatic heterocycles. The van der Waals surface area contributed by atoms with Crippen LogP contribution in [0.3, 0.4) is 0 Å². The van der Waals surface area contributed by atoms with Crippen LogP contribution in [0.25, 0.3) is 11.2 Å². The molecule has 0 aliphatic rings. The van der Waals surface area contributed by atoms with Crippen molar-refractivity contribution < 1.29 is 0 Å². The molecule has 0 aromatic carbocycles. The zero-order valence-electron chi connectivity index (χ0n) is 11.2. The molecule has 0 unspecified atom stereocenters. The van der Waals surface area contributed by atoms with E-state index in [9.17, 15) is 0 Å². The lowest BCUT2D eigenvalue weighted by molar-refractivity contribution is 0.729. The average Bonchev–Trinajstić information content (AvgIpc) is 2.66. The number of aryl methyl sites for hydroxylation is 1. The van der Waals surface area contributed by atoms with Crippen molar-refractivity contribution >= 4 is 11.2 Å². The Bertz CT molecular complexity index is 525. The van der Waals surface area contributed by atoms with Crippen LogP contribution in [-0.2, 0) is 6.54 Å². The number of hydrogen-bond donors (Lipinski definition) is 0. The van der Waals surface area contributed by atoms with E-state index in [1.54, 1.807) is 0 Å². The van der Waals surface area contributed by atoms with Crippen LogP contribution in [0.2, 0.25) is 0 Å². The van der Waals surface area contributed by atoms with Gasteiger partial charge in [-0.25, -0.2) is 4.98 Å². The van der Waals surface area contributed by atoms with Crippen molar-refractivity contribution in [1.82, 2.24) is 19.7 Å². The highest BCUT2D eigenvalue weighted by molar-refractivity contribution is 5.76. The highest BCUT2D eigenvalue weighted by atomic mass is 15.2. The zero-order valence-corrected chi connectivity index (χ0v) is 11.2. The average molecular weight is 232 g/mol. The molecule has 4 nitrogen and oxygen atoms in total. The molecule has 92 valence electrons. The van der Waals surface area contributed by atoms with E-state index in [0.29, 0.717) is 11.8 Å². The van der Waals surface area contributed by atoms with Crippen molar-refractivity contribution in [2.75, 3.05) is 0 Å². The standard InChI is InChI=1S/C13H20N4/c1-6-17-7-10(8(2)3)11-13(17)14-12(9(4)5)16-15-11/h7-9H,6H2,1-5H3. The summed E-state index contributed by atoms with van der Waals surface area (Å²) in [5.74, 6) is 1.58. The molecule has 0 aliphatic carbocycles. The first kappa shape index (κ1) is 12.0. The van der Waals surface area contributed by atoms with Gasteiger partial charge in [-0.1, -0.05) is 27.7 Å². The fourth-order valence-electron chi connectivity index (χ4n) is 1.92. The molecule has 0 saturated heterocycles. The van der Waals surface area contributed by atoms with Crippen LogP contribution in [0.1, 0.15) is 57.8 Å². The highest BCUT2D eigenvalue weighted by Crippen LogP contribution is 2.25. The van der Waals surface area contributed by atoms with Gasteiger partial charge in [-0.2, -0.15) is 0 Å². The predicted molar refractivity (Wildman–Crippen MR) is 69.2 cm³/mol. The maximum Gasteiger partial charge on any atom is 0.163 e. The summed E-state index contributed by atoms with van der Waals surface area (Å²) in [5.41, 5.74) is 3.15. The fraction of sp³-hybridized carbons (Fsp3) is 0.615. The van der Waals surface area contributed by atoms with Gasteiger partial charge in [0.15, 0.2) is 11.5 Å². The summed E-state index contributed by atoms with van der Waals surface area (Å²) in [4.78, 5) is 4.64. The number of hydrogen-bond acceptors (Lipinski definition) is 3. The molecule has 0 amide bonds. The zero-order chi connectivity index (χ0) is 12.6. The van der Waals surface area contributed by atoms with Crippen molar-refractivity contribution in [2.45, 2.75) is 53.0 Å². The summed E-state index contributed by atoms with van der Waals surface area (Å²) in [6, 6.07) is 0. The maximum absolute atomic E-state index is 4.64. The first-order valence-electron chi connectivity index (χ1n) is 6.27. The summed E-state index contributed by atoms with van der Waals surface area (Å²) in [6.07, 6.45) is 2.15. The first-order valence-corrected chi connectivity index (χ1v) is 6.27. The Labute approximate surface area is 102 Å². The van der Waals surface area contributed by atoms with E-state index in [-0.39, 0.29) is 0 Å². The molecule has 0 saturated carbocycles. The van der Waals surface area contributed by atoms with E-state index < -0.39 is 0 Å². The minimum atomic E-state index is 0.314. The van der Waals surface area contributed by atoms with E-state index in [0.717, 1.165) is 23.5 Å². The van der Waals surface area contributed by atoms with Gasteiger partial charge in [0.1, 0.15) is 5.52 Å². The van der Waals surface area contributed by atoms with Gasteiger partial charge >= 0.3 is 0 Å².